The van der Waals surface area contributed by atoms with Gasteiger partial charge in [0.05, 0.1) is 24.2 Å². The van der Waals surface area contributed by atoms with Gasteiger partial charge in [-0.3, -0.25) is 4.79 Å². The number of esters is 1. The lowest BCUT2D eigenvalue weighted by Gasteiger charge is -2.37. The highest BCUT2D eigenvalue weighted by Gasteiger charge is 2.38. The van der Waals surface area contributed by atoms with Crippen molar-refractivity contribution < 1.29 is 39.1 Å². The zero-order chi connectivity index (χ0) is 28.0. The fourth-order valence-electron chi connectivity index (χ4n) is 5.07. The molecule has 2 aromatic rings. The van der Waals surface area contributed by atoms with Crippen molar-refractivity contribution >= 4 is 22.8 Å². The summed E-state index contributed by atoms with van der Waals surface area (Å²) in [4.78, 5) is 26.3. The van der Waals surface area contributed by atoms with Crippen LogP contribution in [0.5, 0.6) is 0 Å². The van der Waals surface area contributed by atoms with Gasteiger partial charge in [0, 0.05) is 30.1 Å². The van der Waals surface area contributed by atoms with Crippen LogP contribution in [0.4, 0.5) is 0 Å². The van der Waals surface area contributed by atoms with Crippen molar-refractivity contribution in [3.63, 3.8) is 0 Å². The van der Waals surface area contributed by atoms with Gasteiger partial charge in [0.1, 0.15) is 12.2 Å². The molecular weight excluding hydrogens is 502 g/mol. The number of hydrogen-bond acceptors (Lipinski definition) is 7. The minimum Gasteiger partial charge on any atom is -0.481 e. The number of benzene rings is 1. The van der Waals surface area contributed by atoms with Crippen LogP contribution in [0, 0.1) is 0 Å². The number of aromatic nitrogens is 1. The molecule has 1 saturated heterocycles. The molecule has 0 aliphatic carbocycles. The monoisotopic (exact) mass is 547 g/mol. The number of fused-ring (bicyclic) bond motifs is 1. The number of carboxylic acids is 1. The van der Waals surface area contributed by atoms with Crippen molar-refractivity contribution in [2.75, 3.05) is 6.61 Å². The number of hydrogen-bond donors (Lipinski definition) is 4. The van der Waals surface area contributed by atoms with Crippen LogP contribution < -0.4 is 0 Å². The summed E-state index contributed by atoms with van der Waals surface area (Å²) in [5, 5.41) is 29.5. The zero-order valence-corrected chi connectivity index (χ0v) is 23.1. The number of rotatable bonds is 18. The summed E-state index contributed by atoms with van der Waals surface area (Å²) in [5.74, 6) is -1.38. The Morgan fingerprint density at radius 2 is 1.67 bits per heavy atom. The topological polar surface area (TPSA) is 138 Å². The Morgan fingerprint density at radius 3 is 2.36 bits per heavy atom. The molecule has 0 bridgehead atoms. The van der Waals surface area contributed by atoms with E-state index in [0.29, 0.717) is 18.6 Å². The van der Waals surface area contributed by atoms with E-state index in [4.69, 9.17) is 19.3 Å². The lowest BCUT2D eigenvalue weighted by Crippen LogP contribution is -2.48. The maximum Gasteiger partial charge on any atom is 0.340 e. The molecule has 2 heterocycles. The van der Waals surface area contributed by atoms with Crippen LogP contribution in [0.15, 0.2) is 30.5 Å². The third kappa shape index (κ3) is 10.6. The molecule has 0 unspecified atom stereocenters. The van der Waals surface area contributed by atoms with Crippen molar-refractivity contribution in [2.24, 2.45) is 0 Å². The van der Waals surface area contributed by atoms with Crippen molar-refractivity contribution in [3.8, 4) is 0 Å². The van der Waals surface area contributed by atoms with Gasteiger partial charge in [-0.2, -0.15) is 0 Å². The smallest absolute Gasteiger partial charge is 0.340 e. The van der Waals surface area contributed by atoms with Gasteiger partial charge >= 0.3 is 11.9 Å². The highest BCUT2D eigenvalue weighted by atomic mass is 16.7. The number of aliphatic hydroxyl groups is 2. The van der Waals surface area contributed by atoms with Crippen LogP contribution in [0.1, 0.15) is 101 Å². The first-order valence-electron chi connectivity index (χ1n) is 14.5. The molecule has 0 amide bonds. The number of H-pyrrole nitrogens is 1. The molecule has 218 valence electrons. The Kier molecular flexibility index (Phi) is 13.2. The van der Waals surface area contributed by atoms with E-state index >= 15 is 0 Å². The van der Waals surface area contributed by atoms with Crippen molar-refractivity contribution in [1.29, 1.82) is 0 Å². The largest absolute Gasteiger partial charge is 0.481 e. The third-order valence-electron chi connectivity index (χ3n) is 7.35. The molecule has 4 N–H and O–H groups in total. The Morgan fingerprint density at radius 1 is 1.03 bits per heavy atom. The summed E-state index contributed by atoms with van der Waals surface area (Å²) < 4.78 is 17.3. The average Bonchev–Trinajstić information content (AvgIpc) is 3.33. The van der Waals surface area contributed by atoms with Gasteiger partial charge in [-0.05, 0) is 25.8 Å². The number of aliphatic carboxylic acids is 1. The van der Waals surface area contributed by atoms with E-state index in [1.807, 2.05) is 31.2 Å². The Bertz CT molecular complexity index is 1010. The van der Waals surface area contributed by atoms with Gasteiger partial charge in [0.15, 0.2) is 6.29 Å². The van der Waals surface area contributed by atoms with Crippen LogP contribution in [-0.4, -0.2) is 69.6 Å². The molecule has 1 aromatic carbocycles. The molecule has 39 heavy (non-hydrogen) atoms. The SMILES string of the molecule is C[C@@H]1O[C@@H](OCCCCCCCCCCCC[C@@H](O)CC(=O)O)[C@H](O)C[C@H]1OC(=O)c1c[nH]c2ccccc12. The van der Waals surface area contributed by atoms with Crippen LogP contribution in [-0.2, 0) is 19.0 Å². The second-order valence-electron chi connectivity index (χ2n) is 10.7. The predicted molar refractivity (Wildman–Crippen MR) is 147 cm³/mol. The molecule has 5 atom stereocenters. The van der Waals surface area contributed by atoms with Crippen molar-refractivity contribution in [3.05, 3.63) is 36.0 Å². The summed E-state index contributed by atoms with van der Waals surface area (Å²) >= 11 is 0. The molecule has 0 spiro atoms. The minimum absolute atomic E-state index is 0.164. The maximum atomic E-state index is 12.7. The number of aliphatic hydroxyl groups excluding tert-OH is 2. The lowest BCUT2D eigenvalue weighted by molar-refractivity contribution is -0.260. The quantitative estimate of drug-likeness (QED) is 0.145. The molecule has 1 aromatic heterocycles. The first kappa shape index (κ1) is 31.1. The van der Waals surface area contributed by atoms with Gasteiger partial charge in [0.2, 0.25) is 0 Å². The van der Waals surface area contributed by atoms with Crippen molar-refractivity contribution in [2.45, 2.75) is 121 Å². The summed E-state index contributed by atoms with van der Waals surface area (Å²) in [7, 11) is 0. The number of para-hydroxylation sites is 1. The van der Waals surface area contributed by atoms with Crippen LogP contribution in [0.3, 0.4) is 0 Å². The molecular formula is C30H45NO8. The third-order valence-corrected chi connectivity index (χ3v) is 7.35. The minimum atomic E-state index is -0.945. The highest BCUT2D eigenvalue weighted by Crippen LogP contribution is 2.26. The fraction of sp³-hybridized carbons (Fsp3) is 0.667. The molecule has 0 saturated carbocycles. The van der Waals surface area contributed by atoms with E-state index < -0.39 is 36.5 Å². The summed E-state index contributed by atoms with van der Waals surface area (Å²) in [5.41, 5.74) is 1.34. The van der Waals surface area contributed by atoms with Gasteiger partial charge < -0.3 is 34.5 Å². The first-order chi connectivity index (χ1) is 18.8. The van der Waals surface area contributed by atoms with Gasteiger partial charge in [-0.25, -0.2) is 4.79 Å². The lowest BCUT2D eigenvalue weighted by atomic mass is 10.0. The Labute approximate surface area is 230 Å². The second-order valence-corrected chi connectivity index (χ2v) is 10.7. The van der Waals surface area contributed by atoms with E-state index in [1.54, 1.807) is 6.20 Å². The second kappa shape index (κ2) is 16.6. The number of unbranched alkanes of at least 4 members (excludes halogenated alkanes) is 9. The Hall–Kier alpha value is -2.46. The van der Waals surface area contributed by atoms with Crippen LogP contribution in [0.2, 0.25) is 0 Å². The summed E-state index contributed by atoms with van der Waals surface area (Å²) in [6, 6.07) is 7.54. The number of carboxylic acid groups (broad SMARTS) is 1. The molecule has 1 aliphatic heterocycles. The fourth-order valence-corrected chi connectivity index (χ4v) is 5.07. The van der Waals surface area contributed by atoms with E-state index in [1.165, 1.54) is 25.7 Å². The number of nitrogens with one attached hydrogen (secondary N) is 1. The molecule has 9 nitrogen and oxygen atoms in total. The summed E-state index contributed by atoms with van der Waals surface area (Å²) in [6.45, 7) is 2.35. The van der Waals surface area contributed by atoms with E-state index in [9.17, 15) is 19.8 Å². The molecule has 0 radical (unpaired) electrons. The predicted octanol–water partition coefficient (Wildman–Crippen LogP) is 5.33. The van der Waals surface area contributed by atoms with Crippen LogP contribution >= 0.6 is 0 Å². The Balaban J connectivity index is 1.19. The molecule has 9 heteroatoms. The van der Waals surface area contributed by atoms with E-state index in [2.05, 4.69) is 4.98 Å². The number of aromatic amines is 1. The number of carbonyl (C=O) groups is 2. The number of carbonyl (C=O) groups excluding carboxylic acids is 1. The first-order valence-corrected chi connectivity index (χ1v) is 14.5. The number of ether oxygens (including phenoxy) is 3. The van der Waals surface area contributed by atoms with Gasteiger partial charge in [-0.1, -0.05) is 76.0 Å². The molecule has 1 aliphatic rings. The van der Waals surface area contributed by atoms with Gasteiger partial charge in [-0.15, -0.1) is 0 Å². The normalized spacial score (nSPS) is 22.1. The highest BCUT2D eigenvalue weighted by molar-refractivity contribution is 6.04. The summed E-state index contributed by atoms with van der Waals surface area (Å²) in [6.07, 6.45) is 9.97. The van der Waals surface area contributed by atoms with Crippen molar-refractivity contribution in [1.82, 2.24) is 4.98 Å². The van der Waals surface area contributed by atoms with E-state index in [0.717, 1.165) is 49.4 Å². The van der Waals surface area contributed by atoms with Crippen LogP contribution in [0.25, 0.3) is 10.9 Å². The zero-order valence-electron chi connectivity index (χ0n) is 23.1. The molecule has 3 rings (SSSR count). The standard InChI is InChI=1S/C30H45NO8/c1-21-27(39-29(36)24-20-31-25-16-12-11-15-23(24)25)19-26(33)30(38-21)37-17-13-9-7-5-3-2-4-6-8-10-14-22(32)18-28(34)35/h11-12,15-16,20-22,26-27,30-33H,2-10,13-14,17-19H2,1H3,(H,34,35)/t21-,22+,26+,27+,30+/m0/s1. The van der Waals surface area contributed by atoms with E-state index in [-0.39, 0.29) is 18.9 Å². The average molecular weight is 548 g/mol. The maximum absolute atomic E-state index is 12.7. The molecule has 1 fully saturated rings. The van der Waals surface area contributed by atoms with Gasteiger partial charge in [0.25, 0.3) is 0 Å².